The predicted molar refractivity (Wildman–Crippen MR) is 112 cm³/mol. The molecule has 1 saturated heterocycles. The molecule has 28 heavy (non-hydrogen) atoms. The van der Waals surface area contributed by atoms with Crippen LogP contribution in [0.2, 0.25) is 0 Å². The van der Waals surface area contributed by atoms with Gasteiger partial charge in [0.25, 0.3) is 5.56 Å². The van der Waals surface area contributed by atoms with Crippen LogP contribution in [0.25, 0.3) is 10.9 Å². The van der Waals surface area contributed by atoms with Crippen LogP contribution in [-0.4, -0.2) is 28.5 Å². The number of fused-ring (bicyclic) bond motifs is 1. The largest absolute Gasteiger partial charge is 0.371 e. The number of nitrogens with one attached hydrogen (secondary N) is 1. The van der Waals surface area contributed by atoms with E-state index >= 15 is 0 Å². The molecular weight excluding hydrogens is 352 g/mol. The smallest absolute Gasteiger partial charge is 0.261 e. The van der Waals surface area contributed by atoms with E-state index in [1.54, 1.807) is 6.07 Å². The van der Waals surface area contributed by atoms with Gasteiger partial charge in [0, 0.05) is 24.5 Å². The summed E-state index contributed by atoms with van der Waals surface area (Å²) < 4.78 is 1.35. The van der Waals surface area contributed by atoms with Crippen molar-refractivity contribution in [3.05, 3.63) is 64.2 Å². The van der Waals surface area contributed by atoms with Crippen LogP contribution in [0, 0.1) is 13.8 Å². The standard InChI is InChI=1S/C22H24N4O2/c1-15-6-5-7-18-21(15)23-14-26(22(18)28)13-20(27)24-17-8-9-19(16(2)12-17)25-10-3-4-11-25/h5-9,12,14H,3-4,10-11,13H2,1-2H3,(H,24,27). The van der Waals surface area contributed by atoms with Crippen LogP contribution in [-0.2, 0) is 11.3 Å². The minimum Gasteiger partial charge on any atom is -0.371 e. The van der Waals surface area contributed by atoms with E-state index < -0.39 is 0 Å². The summed E-state index contributed by atoms with van der Waals surface area (Å²) in [5, 5.41) is 3.42. The van der Waals surface area contributed by atoms with E-state index in [4.69, 9.17) is 0 Å². The average molecular weight is 376 g/mol. The summed E-state index contributed by atoms with van der Waals surface area (Å²) in [6.07, 6.45) is 3.90. The lowest BCUT2D eigenvalue weighted by Gasteiger charge is -2.20. The van der Waals surface area contributed by atoms with E-state index in [0.717, 1.165) is 29.9 Å². The number of carbonyl (C=O) groups excluding carboxylic acids is 1. The molecule has 3 aromatic rings. The van der Waals surface area contributed by atoms with Gasteiger partial charge in [-0.05, 0) is 62.1 Å². The fourth-order valence-corrected chi connectivity index (χ4v) is 3.85. The van der Waals surface area contributed by atoms with Gasteiger partial charge >= 0.3 is 0 Å². The van der Waals surface area contributed by atoms with Crippen LogP contribution in [0.5, 0.6) is 0 Å². The van der Waals surface area contributed by atoms with Gasteiger partial charge in [0.1, 0.15) is 6.54 Å². The maximum absolute atomic E-state index is 12.7. The summed E-state index contributed by atoms with van der Waals surface area (Å²) in [5.74, 6) is -0.246. The predicted octanol–water partition coefficient (Wildman–Crippen LogP) is 3.25. The molecule has 0 atom stereocenters. The molecular formula is C22H24N4O2. The molecule has 0 unspecified atom stereocenters. The lowest BCUT2D eigenvalue weighted by atomic mass is 10.1. The summed E-state index contributed by atoms with van der Waals surface area (Å²) in [6.45, 7) is 6.08. The summed E-state index contributed by atoms with van der Waals surface area (Å²) in [7, 11) is 0. The molecule has 1 fully saturated rings. The lowest BCUT2D eigenvalue weighted by molar-refractivity contribution is -0.116. The Labute approximate surface area is 163 Å². The topological polar surface area (TPSA) is 67.2 Å². The lowest BCUT2D eigenvalue weighted by Crippen LogP contribution is -2.28. The minimum atomic E-state index is -0.246. The molecule has 144 valence electrons. The summed E-state index contributed by atoms with van der Waals surface area (Å²) in [5.41, 5.74) is 4.52. The van der Waals surface area contributed by atoms with E-state index in [9.17, 15) is 9.59 Å². The third-order valence-corrected chi connectivity index (χ3v) is 5.30. The van der Waals surface area contributed by atoms with E-state index in [1.807, 2.05) is 31.2 Å². The number of carbonyl (C=O) groups is 1. The molecule has 0 aliphatic carbocycles. The number of rotatable bonds is 4. The van der Waals surface area contributed by atoms with Crippen molar-refractivity contribution < 1.29 is 4.79 Å². The van der Waals surface area contributed by atoms with Gasteiger partial charge in [0.15, 0.2) is 0 Å². The quantitative estimate of drug-likeness (QED) is 0.759. The number of aromatic nitrogens is 2. The molecule has 2 aromatic carbocycles. The Balaban J connectivity index is 1.50. The highest BCUT2D eigenvalue weighted by molar-refractivity contribution is 5.91. The highest BCUT2D eigenvalue weighted by Crippen LogP contribution is 2.26. The molecule has 0 saturated carbocycles. The summed E-state index contributed by atoms with van der Waals surface area (Å²) in [4.78, 5) is 31.9. The van der Waals surface area contributed by atoms with Gasteiger partial charge in [-0.2, -0.15) is 0 Å². The van der Waals surface area contributed by atoms with Crippen molar-refractivity contribution in [3.8, 4) is 0 Å². The van der Waals surface area contributed by atoms with Crippen molar-refractivity contribution in [3.63, 3.8) is 0 Å². The number of hydrogen-bond acceptors (Lipinski definition) is 4. The first-order valence-corrected chi connectivity index (χ1v) is 9.63. The maximum atomic E-state index is 12.7. The zero-order valence-corrected chi connectivity index (χ0v) is 16.2. The molecule has 0 bridgehead atoms. The second kappa shape index (κ2) is 7.46. The van der Waals surface area contributed by atoms with Gasteiger partial charge in [-0.15, -0.1) is 0 Å². The third kappa shape index (κ3) is 3.50. The normalized spacial score (nSPS) is 13.9. The van der Waals surface area contributed by atoms with Gasteiger partial charge < -0.3 is 10.2 Å². The van der Waals surface area contributed by atoms with E-state index in [0.29, 0.717) is 10.9 Å². The molecule has 0 spiro atoms. The summed E-state index contributed by atoms with van der Waals surface area (Å²) in [6, 6.07) is 11.4. The first kappa shape index (κ1) is 18.2. The van der Waals surface area contributed by atoms with Crippen LogP contribution < -0.4 is 15.8 Å². The van der Waals surface area contributed by atoms with Gasteiger partial charge in [-0.3, -0.25) is 14.2 Å². The average Bonchev–Trinajstić information content (AvgIpc) is 3.19. The Morgan fingerprint density at radius 1 is 1.11 bits per heavy atom. The number of amides is 1. The minimum absolute atomic E-state index is 0.0668. The highest BCUT2D eigenvalue weighted by atomic mass is 16.2. The first-order chi connectivity index (χ1) is 13.5. The van der Waals surface area contributed by atoms with Crippen molar-refractivity contribution in [2.45, 2.75) is 33.2 Å². The molecule has 1 aliphatic rings. The number of para-hydroxylation sites is 1. The molecule has 1 aromatic heterocycles. The van der Waals surface area contributed by atoms with Gasteiger partial charge in [-0.25, -0.2) is 4.98 Å². The number of anilines is 2. The monoisotopic (exact) mass is 376 g/mol. The van der Waals surface area contributed by atoms with Crippen LogP contribution in [0.4, 0.5) is 11.4 Å². The zero-order valence-electron chi connectivity index (χ0n) is 16.2. The van der Waals surface area contributed by atoms with E-state index in [-0.39, 0.29) is 18.0 Å². The fraction of sp³-hybridized carbons (Fsp3) is 0.318. The number of hydrogen-bond donors (Lipinski definition) is 1. The van der Waals surface area contributed by atoms with E-state index in [1.165, 1.54) is 29.4 Å². The SMILES string of the molecule is Cc1cc(NC(=O)Cn2cnc3c(C)cccc3c2=O)ccc1N1CCCC1. The molecule has 2 heterocycles. The van der Waals surface area contributed by atoms with Gasteiger partial charge in [0.05, 0.1) is 17.2 Å². The highest BCUT2D eigenvalue weighted by Gasteiger charge is 2.15. The first-order valence-electron chi connectivity index (χ1n) is 9.63. The van der Waals surface area contributed by atoms with Crippen LogP contribution in [0.15, 0.2) is 47.5 Å². The Morgan fingerprint density at radius 3 is 2.64 bits per heavy atom. The van der Waals surface area contributed by atoms with Crippen molar-refractivity contribution in [1.82, 2.24) is 9.55 Å². The molecule has 4 rings (SSSR count). The number of aryl methyl sites for hydroxylation is 2. The van der Waals surface area contributed by atoms with Crippen LogP contribution in [0.3, 0.4) is 0 Å². The third-order valence-electron chi connectivity index (χ3n) is 5.30. The fourth-order valence-electron chi connectivity index (χ4n) is 3.85. The Kier molecular flexibility index (Phi) is 4.86. The van der Waals surface area contributed by atoms with Crippen molar-refractivity contribution in [2.24, 2.45) is 0 Å². The van der Waals surface area contributed by atoms with Crippen molar-refractivity contribution in [2.75, 3.05) is 23.3 Å². The maximum Gasteiger partial charge on any atom is 0.261 e. The molecule has 6 heteroatoms. The zero-order chi connectivity index (χ0) is 19.7. The molecule has 1 aliphatic heterocycles. The summed E-state index contributed by atoms with van der Waals surface area (Å²) >= 11 is 0. The van der Waals surface area contributed by atoms with Crippen molar-refractivity contribution >= 4 is 28.2 Å². The second-order valence-corrected chi connectivity index (χ2v) is 7.39. The van der Waals surface area contributed by atoms with Crippen LogP contribution in [0.1, 0.15) is 24.0 Å². The second-order valence-electron chi connectivity index (χ2n) is 7.39. The molecule has 1 N–H and O–H groups in total. The van der Waals surface area contributed by atoms with Crippen molar-refractivity contribution in [1.29, 1.82) is 0 Å². The number of nitrogens with zero attached hydrogens (tertiary/aromatic N) is 3. The van der Waals surface area contributed by atoms with Gasteiger partial charge in [-0.1, -0.05) is 12.1 Å². The molecule has 6 nitrogen and oxygen atoms in total. The molecule has 0 radical (unpaired) electrons. The van der Waals surface area contributed by atoms with Gasteiger partial charge in [0.2, 0.25) is 5.91 Å². The Hall–Kier alpha value is -3.15. The number of benzene rings is 2. The van der Waals surface area contributed by atoms with Crippen LogP contribution >= 0.6 is 0 Å². The molecule has 1 amide bonds. The van der Waals surface area contributed by atoms with E-state index in [2.05, 4.69) is 28.2 Å². The Morgan fingerprint density at radius 2 is 1.89 bits per heavy atom. The Bertz CT molecular complexity index is 1100.